The molecule has 2 aromatic carbocycles. The topological polar surface area (TPSA) is 57.0 Å². The molecule has 4 heterocycles. The van der Waals surface area contributed by atoms with E-state index in [1.165, 1.54) is 0 Å². The van der Waals surface area contributed by atoms with E-state index in [1.54, 1.807) is 36.5 Å². The summed E-state index contributed by atoms with van der Waals surface area (Å²) in [6, 6.07) is 17.8. The first-order chi connectivity index (χ1) is 16.7. The minimum Gasteiger partial charge on any atom is -0.489 e. The van der Waals surface area contributed by atoms with Gasteiger partial charge in [0.1, 0.15) is 12.4 Å². The average molecular weight is 528 g/mol. The van der Waals surface area contributed by atoms with Crippen molar-refractivity contribution < 1.29 is 4.74 Å². The van der Waals surface area contributed by atoms with Crippen molar-refractivity contribution in [3.05, 3.63) is 117 Å². The third-order valence-corrected chi connectivity index (χ3v) is 7.33. The first kappa shape index (κ1) is 21.1. The predicted octanol–water partition coefficient (Wildman–Crippen LogP) is 6.18. The molecular formula is C27H18BrN3O2S. The molecule has 7 heteroatoms. The molecule has 0 atom stereocenters. The molecule has 1 aliphatic rings. The lowest BCUT2D eigenvalue weighted by molar-refractivity contribution is 0.305. The second-order valence-electron chi connectivity index (χ2n) is 8.07. The normalized spacial score (nSPS) is 11.9. The second-order valence-corrected chi connectivity index (χ2v) is 10.1. The van der Waals surface area contributed by atoms with E-state index in [1.807, 2.05) is 48.7 Å². The van der Waals surface area contributed by atoms with Crippen molar-refractivity contribution in [2.75, 3.05) is 0 Å². The third-order valence-electron chi connectivity index (χ3n) is 5.76. The summed E-state index contributed by atoms with van der Waals surface area (Å²) in [5.74, 6) is 0.666. The van der Waals surface area contributed by atoms with Gasteiger partial charge in [0.15, 0.2) is 5.43 Å². The van der Waals surface area contributed by atoms with Crippen molar-refractivity contribution in [1.82, 2.24) is 14.5 Å². The number of hydrogen-bond donors (Lipinski definition) is 0. The van der Waals surface area contributed by atoms with Crippen molar-refractivity contribution in [3.8, 4) is 11.4 Å². The first-order valence-corrected chi connectivity index (χ1v) is 12.4. The van der Waals surface area contributed by atoms with E-state index in [0.717, 1.165) is 42.2 Å². The van der Waals surface area contributed by atoms with Crippen molar-refractivity contribution in [2.45, 2.75) is 22.8 Å². The number of fused-ring (bicyclic) bond motifs is 2. The van der Waals surface area contributed by atoms with Crippen LogP contribution in [-0.4, -0.2) is 14.5 Å². The summed E-state index contributed by atoms with van der Waals surface area (Å²) < 4.78 is 9.26. The van der Waals surface area contributed by atoms with Gasteiger partial charge in [-0.2, -0.15) is 0 Å². The van der Waals surface area contributed by atoms with Crippen molar-refractivity contribution in [2.24, 2.45) is 0 Å². The molecule has 0 saturated carbocycles. The molecule has 0 unspecified atom stereocenters. The van der Waals surface area contributed by atoms with Crippen LogP contribution in [0.1, 0.15) is 16.7 Å². The van der Waals surface area contributed by atoms with Crippen molar-refractivity contribution in [3.63, 3.8) is 0 Å². The lowest BCUT2D eigenvalue weighted by Gasteiger charge is -2.24. The van der Waals surface area contributed by atoms with Gasteiger partial charge in [-0.05, 0) is 48.0 Å². The Morgan fingerprint density at radius 1 is 0.941 bits per heavy atom. The van der Waals surface area contributed by atoms with Gasteiger partial charge in [-0.25, -0.2) is 0 Å². The van der Waals surface area contributed by atoms with Gasteiger partial charge in [0.05, 0.1) is 16.6 Å². The van der Waals surface area contributed by atoms with E-state index in [9.17, 15) is 4.79 Å². The number of halogens is 1. The molecule has 5 nitrogen and oxygen atoms in total. The Hall–Kier alpha value is -3.42. The zero-order valence-electron chi connectivity index (χ0n) is 17.9. The number of pyridine rings is 3. The van der Waals surface area contributed by atoms with Gasteiger partial charge < -0.3 is 9.30 Å². The second kappa shape index (κ2) is 8.74. The van der Waals surface area contributed by atoms with E-state index < -0.39 is 0 Å². The van der Waals surface area contributed by atoms with Crippen molar-refractivity contribution >= 4 is 38.6 Å². The Kier molecular flexibility index (Phi) is 5.43. The molecule has 0 amide bonds. The third kappa shape index (κ3) is 3.91. The summed E-state index contributed by atoms with van der Waals surface area (Å²) in [5.41, 5.74) is 4.68. The molecule has 0 fully saturated rings. The molecule has 1 aliphatic heterocycles. The molecule has 3 aromatic heterocycles. The molecule has 0 spiro atoms. The zero-order valence-corrected chi connectivity index (χ0v) is 20.3. The van der Waals surface area contributed by atoms with Gasteiger partial charge in [-0.1, -0.05) is 39.8 Å². The van der Waals surface area contributed by atoms with Gasteiger partial charge in [0.2, 0.25) is 0 Å². The number of hydrogen-bond acceptors (Lipinski definition) is 5. The van der Waals surface area contributed by atoms with Crippen LogP contribution in [0.4, 0.5) is 0 Å². The summed E-state index contributed by atoms with van der Waals surface area (Å²) >= 11 is 5.24. The van der Waals surface area contributed by atoms with Crippen LogP contribution in [0.2, 0.25) is 0 Å². The molecule has 0 bridgehead atoms. The SMILES string of the molecule is O=c1c(Cc2cccnc2)cn2c3c(cc(OCc4cccnc4)cc13)Sc1cc(Br)ccc1-2. The lowest BCUT2D eigenvalue weighted by atomic mass is 10.0. The molecule has 0 saturated heterocycles. The van der Waals surface area contributed by atoms with Gasteiger partial charge in [-0.15, -0.1) is 0 Å². The fourth-order valence-electron chi connectivity index (χ4n) is 4.19. The van der Waals surface area contributed by atoms with E-state index in [-0.39, 0.29) is 5.43 Å². The zero-order chi connectivity index (χ0) is 23.1. The monoisotopic (exact) mass is 527 g/mol. The Morgan fingerprint density at radius 3 is 2.50 bits per heavy atom. The van der Waals surface area contributed by atoms with E-state index in [2.05, 4.69) is 42.6 Å². The highest BCUT2D eigenvalue weighted by Gasteiger charge is 2.23. The number of aromatic nitrogens is 3. The van der Waals surface area contributed by atoms with E-state index >= 15 is 0 Å². The Labute approximate surface area is 208 Å². The fourth-order valence-corrected chi connectivity index (χ4v) is 5.88. The minimum atomic E-state index is 0.0179. The van der Waals surface area contributed by atoms with Crippen LogP contribution in [-0.2, 0) is 13.0 Å². The van der Waals surface area contributed by atoms with Crippen LogP contribution in [0.15, 0.2) is 105 Å². The average Bonchev–Trinajstić information content (AvgIpc) is 2.86. The quantitative estimate of drug-likeness (QED) is 0.268. The lowest BCUT2D eigenvalue weighted by Crippen LogP contribution is -2.17. The molecule has 5 aromatic rings. The summed E-state index contributed by atoms with van der Waals surface area (Å²) in [6.07, 6.45) is 9.56. The maximum atomic E-state index is 13.7. The largest absolute Gasteiger partial charge is 0.489 e. The predicted molar refractivity (Wildman–Crippen MR) is 137 cm³/mol. The van der Waals surface area contributed by atoms with Gasteiger partial charge in [0, 0.05) is 62.8 Å². The molecule has 166 valence electrons. The maximum Gasteiger partial charge on any atom is 0.193 e. The summed E-state index contributed by atoms with van der Waals surface area (Å²) in [4.78, 5) is 24.1. The maximum absolute atomic E-state index is 13.7. The summed E-state index contributed by atoms with van der Waals surface area (Å²) in [7, 11) is 0. The first-order valence-electron chi connectivity index (χ1n) is 10.8. The summed E-state index contributed by atoms with van der Waals surface area (Å²) in [5, 5.41) is 0.654. The molecule has 0 aliphatic carbocycles. The van der Waals surface area contributed by atoms with E-state index in [4.69, 9.17) is 4.74 Å². The standard InChI is InChI=1S/C27H18BrN3O2S/c28-20-5-6-23-24(10-20)34-25-12-21(33-16-18-4-2-8-30-14-18)11-22-26(25)31(23)15-19(27(22)32)9-17-3-1-7-29-13-17/h1-8,10-15H,9,16H2. The Morgan fingerprint density at radius 2 is 1.74 bits per heavy atom. The smallest absolute Gasteiger partial charge is 0.193 e. The summed E-state index contributed by atoms with van der Waals surface area (Å²) in [6.45, 7) is 0.384. The Balaban J connectivity index is 1.52. The highest BCUT2D eigenvalue weighted by Crippen LogP contribution is 2.44. The minimum absolute atomic E-state index is 0.0179. The van der Waals surface area contributed by atoms with Crippen LogP contribution in [0.5, 0.6) is 5.75 Å². The van der Waals surface area contributed by atoms with Crippen LogP contribution in [0, 0.1) is 0 Å². The number of nitrogens with zero attached hydrogens (tertiary/aromatic N) is 3. The van der Waals surface area contributed by atoms with Crippen LogP contribution in [0.25, 0.3) is 16.6 Å². The Bertz CT molecular complexity index is 1590. The van der Waals surface area contributed by atoms with Crippen LogP contribution in [0.3, 0.4) is 0 Å². The molecule has 0 radical (unpaired) electrons. The molecule has 0 N–H and O–H groups in total. The van der Waals surface area contributed by atoms with Crippen molar-refractivity contribution in [1.29, 1.82) is 0 Å². The van der Waals surface area contributed by atoms with Gasteiger partial charge in [-0.3, -0.25) is 14.8 Å². The number of benzene rings is 2. The number of ether oxygens (including phenoxy) is 1. The van der Waals surface area contributed by atoms with Gasteiger partial charge in [0.25, 0.3) is 0 Å². The molecule has 34 heavy (non-hydrogen) atoms. The highest BCUT2D eigenvalue weighted by atomic mass is 79.9. The fraction of sp³-hybridized carbons (Fsp3) is 0.0741. The highest BCUT2D eigenvalue weighted by molar-refractivity contribution is 9.10. The van der Waals surface area contributed by atoms with Gasteiger partial charge >= 0.3 is 0 Å². The number of rotatable bonds is 5. The van der Waals surface area contributed by atoms with Crippen LogP contribution >= 0.6 is 27.7 Å². The molecule has 6 rings (SSSR count). The van der Waals surface area contributed by atoms with Crippen LogP contribution < -0.4 is 10.2 Å². The molecular weight excluding hydrogens is 510 g/mol. The van der Waals surface area contributed by atoms with E-state index in [0.29, 0.717) is 24.2 Å².